The van der Waals surface area contributed by atoms with Crippen LogP contribution in [0, 0.1) is 0 Å². The largest absolute Gasteiger partial charge is 0.351 e. The van der Waals surface area contributed by atoms with Crippen molar-refractivity contribution >= 4 is 38.9 Å². The molecule has 29 heavy (non-hydrogen) atoms. The molecule has 0 radical (unpaired) electrons. The van der Waals surface area contributed by atoms with Crippen LogP contribution < -0.4 is 10.2 Å². The molecule has 1 saturated carbocycles. The van der Waals surface area contributed by atoms with Gasteiger partial charge in [-0.3, -0.25) is 4.98 Å². The van der Waals surface area contributed by atoms with E-state index in [4.69, 9.17) is 12.2 Å². The number of thiocarbonyl (C=S) groups is 1. The first kappa shape index (κ1) is 18.8. The zero-order chi connectivity index (χ0) is 19.8. The molecule has 3 aromatic rings. The highest BCUT2D eigenvalue weighted by Gasteiger charge is 2.41. The molecule has 148 valence electrons. The molecule has 2 aromatic heterocycles. The highest BCUT2D eigenvalue weighted by atomic mass is 79.9. The zero-order valence-electron chi connectivity index (χ0n) is 16.0. The Morgan fingerprint density at radius 2 is 1.83 bits per heavy atom. The van der Waals surface area contributed by atoms with Gasteiger partial charge >= 0.3 is 0 Å². The average molecular weight is 467 g/mol. The van der Waals surface area contributed by atoms with E-state index in [0.717, 1.165) is 21.0 Å². The summed E-state index contributed by atoms with van der Waals surface area (Å²) in [4.78, 5) is 6.87. The van der Waals surface area contributed by atoms with Gasteiger partial charge in [-0.15, -0.1) is 0 Å². The van der Waals surface area contributed by atoms with Crippen molar-refractivity contribution in [1.29, 1.82) is 0 Å². The first-order chi connectivity index (χ1) is 14.2. The number of aromatic nitrogens is 2. The fourth-order valence-electron chi connectivity index (χ4n) is 4.61. The number of nitrogens with one attached hydrogen (secondary N) is 1. The third kappa shape index (κ3) is 3.60. The van der Waals surface area contributed by atoms with Crippen molar-refractivity contribution < 1.29 is 0 Å². The van der Waals surface area contributed by atoms with Crippen LogP contribution in [0.1, 0.15) is 55.1 Å². The van der Waals surface area contributed by atoms with E-state index in [1.807, 2.05) is 18.3 Å². The lowest BCUT2D eigenvalue weighted by Gasteiger charge is -2.27. The molecular formula is C23H23BrN4S. The van der Waals surface area contributed by atoms with Gasteiger partial charge in [-0.25, -0.2) is 0 Å². The van der Waals surface area contributed by atoms with Crippen molar-refractivity contribution in [3.63, 3.8) is 0 Å². The van der Waals surface area contributed by atoms with Crippen molar-refractivity contribution in [2.75, 3.05) is 4.90 Å². The van der Waals surface area contributed by atoms with Crippen LogP contribution in [0.25, 0.3) is 0 Å². The van der Waals surface area contributed by atoms with Crippen LogP contribution in [0.4, 0.5) is 5.69 Å². The molecule has 4 nitrogen and oxygen atoms in total. The maximum atomic E-state index is 5.79. The summed E-state index contributed by atoms with van der Waals surface area (Å²) in [6, 6.07) is 17.4. The van der Waals surface area contributed by atoms with Crippen LogP contribution in [-0.4, -0.2) is 14.7 Å². The third-order valence-electron chi connectivity index (χ3n) is 6.03. The lowest BCUT2D eigenvalue weighted by Crippen LogP contribution is -2.29. The number of benzene rings is 1. The maximum Gasteiger partial charge on any atom is 0.174 e. The van der Waals surface area contributed by atoms with Gasteiger partial charge in [0.2, 0.25) is 0 Å². The second-order valence-corrected chi connectivity index (χ2v) is 9.11. The smallest absolute Gasteiger partial charge is 0.174 e. The lowest BCUT2D eigenvalue weighted by molar-refractivity contribution is 0.515. The monoisotopic (exact) mass is 466 g/mol. The lowest BCUT2D eigenvalue weighted by atomic mass is 9.98. The molecule has 0 bridgehead atoms. The Morgan fingerprint density at radius 1 is 1.03 bits per heavy atom. The molecular weight excluding hydrogens is 444 g/mol. The van der Waals surface area contributed by atoms with E-state index in [1.165, 1.54) is 31.2 Å². The fourth-order valence-corrected chi connectivity index (χ4v) is 5.22. The normalized spacial score (nSPS) is 22.2. The van der Waals surface area contributed by atoms with E-state index in [2.05, 4.69) is 84.5 Å². The molecule has 2 aliphatic rings. The predicted octanol–water partition coefficient (Wildman–Crippen LogP) is 5.94. The van der Waals surface area contributed by atoms with Gasteiger partial charge in [0, 0.05) is 34.8 Å². The first-order valence-corrected chi connectivity index (χ1v) is 11.3. The summed E-state index contributed by atoms with van der Waals surface area (Å²) >= 11 is 9.33. The molecule has 1 aliphatic carbocycles. The molecule has 0 spiro atoms. The van der Waals surface area contributed by atoms with Crippen molar-refractivity contribution in [1.82, 2.24) is 14.9 Å². The number of pyridine rings is 1. The molecule has 1 aliphatic heterocycles. The van der Waals surface area contributed by atoms with Crippen LogP contribution in [-0.2, 0) is 0 Å². The minimum absolute atomic E-state index is 0.00627. The molecule has 2 fully saturated rings. The SMILES string of the molecule is S=C1N[C@H](c2ccccn2)[C@@H](c2ccn(C3CCCC3)c2)N1c1ccc(Br)cc1. The van der Waals surface area contributed by atoms with E-state index in [9.17, 15) is 0 Å². The fraction of sp³-hybridized carbons (Fsp3) is 0.304. The van der Waals surface area contributed by atoms with Crippen LogP contribution in [0.5, 0.6) is 0 Å². The van der Waals surface area contributed by atoms with Crippen LogP contribution in [0.2, 0.25) is 0 Å². The minimum atomic E-state index is 0.00627. The Bertz CT molecular complexity index is 995. The minimum Gasteiger partial charge on any atom is -0.351 e. The summed E-state index contributed by atoms with van der Waals surface area (Å²) in [5.74, 6) is 0. The number of halogens is 1. The number of nitrogens with zero attached hydrogens (tertiary/aromatic N) is 3. The highest BCUT2D eigenvalue weighted by Crippen LogP contribution is 2.42. The molecule has 2 atom stereocenters. The average Bonchev–Trinajstić information content (AvgIpc) is 3.49. The molecule has 5 rings (SSSR count). The second-order valence-electron chi connectivity index (χ2n) is 7.80. The number of hydrogen-bond donors (Lipinski definition) is 1. The van der Waals surface area contributed by atoms with E-state index in [0.29, 0.717) is 6.04 Å². The van der Waals surface area contributed by atoms with E-state index >= 15 is 0 Å². The molecule has 1 N–H and O–H groups in total. The summed E-state index contributed by atoms with van der Waals surface area (Å²) in [6.45, 7) is 0. The summed E-state index contributed by atoms with van der Waals surface area (Å²) < 4.78 is 3.46. The number of rotatable bonds is 4. The van der Waals surface area contributed by atoms with Gasteiger partial charge in [-0.2, -0.15) is 0 Å². The zero-order valence-corrected chi connectivity index (χ0v) is 18.4. The summed E-state index contributed by atoms with van der Waals surface area (Å²) in [5.41, 5.74) is 3.36. The third-order valence-corrected chi connectivity index (χ3v) is 6.87. The van der Waals surface area contributed by atoms with Gasteiger partial charge in [0.15, 0.2) is 5.11 Å². The Labute approximate surface area is 185 Å². The summed E-state index contributed by atoms with van der Waals surface area (Å²) in [7, 11) is 0. The Hall–Kier alpha value is -2.18. The quantitative estimate of drug-likeness (QED) is 0.482. The van der Waals surface area contributed by atoms with E-state index in [1.54, 1.807) is 0 Å². The Kier molecular flexibility index (Phi) is 5.14. The highest BCUT2D eigenvalue weighted by molar-refractivity contribution is 9.10. The number of anilines is 1. The van der Waals surface area contributed by atoms with Gasteiger partial charge in [0.25, 0.3) is 0 Å². The van der Waals surface area contributed by atoms with Crippen molar-refractivity contribution in [2.45, 2.75) is 43.8 Å². The van der Waals surface area contributed by atoms with Gasteiger partial charge < -0.3 is 14.8 Å². The number of hydrogen-bond acceptors (Lipinski definition) is 2. The molecule has 0 unspecified atom stereocenters. The molecule has 1 saturated heterocycles. The predicted molar refractivity (Wildman–Crippen MR) is 124 cm³/mol. The van der Waals surface area contributed by atoms with Crippen LogP contribution in [0.15, 0.2) is 71.6 Å². The molecule has 1 aromatic carbocycles. The standard InChI is InChI=1S/C23H23BrN4S/c24-17-8-10-19(11-9-17)28-22(16-12-14-27(15-16)18-5-1-2-6-18)21(26-23(28)29)20-7-3-4-13-25-20/h3-4,7-15,18,21-22H,1-2,5-6H2,(H,26,29)/t21-,22-/m1/s1. The van der Waals surface area contributed by atoms with Gasteiger partial charge in [0.1, 0.15) is 0 Å². The second kappa shape index (κ2) is 7.92. The van der Waals surface area contributed by atoms with Crippen molar-refractivity contribution in [2.24, 2.45) is 0 Å². The van der Waals surface area contributed by atoms with Crippen molar-refractivity contribution in [3.05, 3.63) is 82.9 Å². The van der Waals surface area contributed by atoms with E-state index < -0.39 is 0 Å². The topological polar surface area (TPSA) is 33.1 Å². The van der Waals surface area contributed by atoms with Gasteiger partial charge in [-0.1, -0.05) is 34.8 Å². The van der Waals surface area contributed by atoms with Gasteiger partial charge in [-0.05, 0) is 73.1 Å². The molecule has 3 heterocycles. The summed E-state index contributed by atoms with van der Waals surface area (Å²) in [5, 5.41) is 4.27. The van der Waals surface area contributed by atoms with E-state index in [-0.39, 0.29) is 12.1 Å². The van der Waals surface area contributed by atoms with Gasteiger partial charge in [0.05, 0.1) is 17.8 Å². The molecule has 0 amide bonds. The first-order valence-electron chi connectivity index (χ1n) is 10.1. The van der Waals surface area contributed by atoms with Crippen LogP contribution in [0.3, 0.4) is 0 Å². The van der Waals surface area contributed by atoms with Crippen LogP contribution >= 0.6 is 28.1 Å². The maximum absolute atomic E-state index is 5.79. The summed E-state index contributed by atoms with van der Waals surface area (Å²) in [6.07, 6.45) is 11.6. The van der Waals surface area contributed by atoms with Crippen molar-refractivity contribution in [3.8, 4) is 0 Å². The Balaban J connectivity index is 1.56. The Morgan fingerprint density at radius 3 is 2.55 bits per heavy atom. The molecule has 6 heteroatoms.